The number of benzene rings is 2. The predicted molar refractivity (Wildman–Crippen MR) is 73.6 cm³/mol. The van der Waals surface area contributed by atoms with Gasteiger partial charge in [-0.1, -0.05) is 0 Å². The molecule has 1 aromatic heterocycles. The Morgan fingerprint density at radius 3 is 2.78 bits per heavy atom. The molecule has 3 nitrogen and oxygen atoms in total. The Hall–Kier alpha value is -1.88. The van der Waals surface area contributed by atoms with E-state index in [1.54, 1.807) is 24.3 Å². The van der Waals surface area contributed by atoms with Crippen LogP contribution in [0.4, 0.5) is 10.1 Å². The number of hydrogen-bond acceptors (Lipinski definition) is 2. The van der Waals surface area contributed by atoms with Crippen molar-refractivity contribution < 1.29 is 4.39 Å². The number of nitrogens with zero attached hydrogens (tertiary/aromatic N) is 1. The van der Waals surface area contributed by atoms with E-state index in [0.29, 0.717) is 21.5 Å². The first-order valence-electron chi connectivity index (χ1n) is 5.34. The highest BCUT2D eigenvalue weighted by Gasteiger charge is 2.07. The van der Waals surface area contributed by atoms with Crippen molar-refractivity contribution >= 4 is 32.7 Å². The van der Waals surface area contributed by atoms with Gasteiger partial charge in [0, 0.05) is 11.3 Å². The van der Waals surface area contributed by atoms with Gasteiger partial charge in [0.05, 0.1) is 15.5 Å². The molecule has 0 saturated carbocycles. The van der Waals surface area contributed by atoms with Crippen molar-refractivity contribution in [2.75, 3.05) is 5.73 Å². The van der Waals surface area contributed by atoms with E-state index in [4.69, 9.17) is 5.73 Å². The van der Waals surface area contributed by atoms with Crippen LogP contribution >= 0.6 is 15.9 Å². The summed E-state index contributed by atoms with van der Waals surface area (Å²) in [6.45, 7) is 0. The summed E-state index contributed by atoms with van der Waals surface area (Å²) in [6.07, 6.45) is 0. The lowest BCUT2D eigenvalue weighted by Crippen LogP contribution is -1.83. The molecule has 3 aromatic rings. The molecule has 0 spiro atoms. The summed E-state index contributed by atoms with van der Waals surface area (Å²) in [4.78, 5) is 7.53. The summed E-state index contributed by atoms with van der Waals surface area (Å²) < 4.78 is 13.9. The first kappa shape index (κ1) is 11.2. The molecule has 0 aliphatic carbocycles. The number of halogens is 2. The number of nitrogen functional groups attached to an aromatic ring is 1. The van der Waals surface area contributed by atoms with Crippen LogP contribution in [0.5, 0.6) is 0 Å². The van der Waals surface area contributed by atoms with Crippen LogP contribution in [-0.2, 0) is 0 Å². The van der Waals surface area contributed by atoms with Crippen LogP contribution in [0.15, 0.2) is 40.9 Å². The van der Waals surface area contributed by atoms with Gasteiger partial charge in [0.2, 0.25) is 0 Å². The molecule has 0 radical (unpaired) electrons. The number of anilines is 1. The molecule has 1 heterocycles. The van der Waals surface area contributed by atoms with Gasteiger partial charge in [-0.2, -0.15) is 0 Å². The maximum atomic E-state index is 13.5. The fourth-order valence-electron chi connectivity index (χ4n) is 1.81. The first-order chi connectivity index (χ1) is 8.63. The van der Waals surface area contributed by atoms with Gasteiger partial charge >= 0.3 is 0 Å². The molecule has 3 N–H and O–H groups in total. The summed E-state index contributed by atoms with van der Waals surface area (Å²) in [5.41, 5.74) is 8.72. The topological polar surface area (TPSA) is 54.7 Å². The van der Waals surface area contributed by atoms with Crippen LogP contribution < -0.4 is 5.73 Å². The van der Waals surface area contributed by atoms with Crippen LogP contribution in [0.25, 0.3) is 22.4 Å². The van der Waals surface area contributed by atoms with Crippen molar-refractivity contribution in [2.45, 2.75) is 0 Å². The Kier molecular flexibility index (Phi) is 2.56. The monoisotopic (exact) mass is 305 g/mol. The molecule has 0 bridgehead atoms. The van der Waals surface area contributed by atoms with Gasteiger partial charge in [0.15, 0.2) is 0 Å². The lowest BCUT2D eigenvalue weighted by Gasteiger charge is -1.98. The molecule has 0 unspecified atom stereocenters. The highest BCUT2D eigenvalue weighted by molar-refractivity contribution is 9.10. The van der Waals surface area contributed by atoms with E-state index in [-0.39, 0.29) is 5.82 Å². The zero-order valence-electron chi connectivity index (χ0n) is 9.24. The Bertz CT molecular complexity index is 736. The average molecular weight is 306 g/mol. The lowest BCUT2D eigenvalue weighted by atomic mass is 10.2. The third-order valence-electron chi connectivity index (χ3n) is 2.70. The van der Waals surface area contributed by atoms with Crippen LogP contribution in [0.2, 0.25) is 0 Å². The molecule has 2 aromatic carbocycles. The Balaban J connectivity index is 2.16. The molecule has 90 valence electrons. The third-order valence-corrected chi connectivity index (χ3v) is 3.34. The molecule has 18 heavy (non-hydrogen) atoms. The standard InChI is InChI=1S/C13H9BrFN3/c14-9-3-1-7(5-10(9)15)13-17-11-4-2-8(16)6-12(11)18-13/h1-6H,16H2,(H,17,18). The van der Waals surface area contributed by atoms with E-state index in [0.717, 1.165) is 11.0 Å². The minimum Gasteiger partial charge on any atom is -0.399 e. The normalized spacial score (nSPS) is 11.0. The summed E-state index contributed by atoms with van der Waals surface area (Å²) in [6, 6.07) is 10.3. The number of fused-ring (bicyclic) bond motifs is 1. The number of aromatic nitrogens is 2. The maximum Gasteiger partial charge on any atom is 0.138 e. The molecule has 0 fully saturated rings. The third kappa shape index (κ3) is 1.86. The van der Waals surface area contributed by atoms with Gasteiger partial charge < -0.3 is 10.7 Å². The van der Waals surface area contributed by atoms with Crippen molar-refractivity contribution in [3.8, 4) is 11.4 Å². The number of H-pyrrole nitrogens is 1. The molecule has 0 saturated heterocycles. The second-order valence-corrected chi connectivity index (χ2v) is 4.85. The average Bonchev–Trinajstić information content (AvgIpc) is 2.75. The van der Waals surface area contributed by atoms with Crippen LogP contribution in [0.1, 0.15) is 0 Å². The van der Waals surface area contributed by atoms with Gasteiger partial charge in [-0.15, -0.1) is 0 Å². The summed E-state index contributed by atoms with van der Waals surface area (Å²) in [7, 11) is 0. The summed E-state index contributed by atoms with van der Waals surface area (Å²) in [5, 5.41) is 0. The molecule has 0 atom stereocenters. The van der Waals surface area contributed by atoms with Crippen molar-refractivity contribution in [3.63, 3.8) is 0 Å². The number of nitrogens with two attached hydrogens (primary N) is 1. The van der Waals surface area contributed by atoms with E-state index in [9.17, 15) is 4.39 Å². The number of imidazole rings is 1. The molecular formula is C13H9BrFN3. The molecule has 0 amide bonds. The fraction of sp³-hybridized carbons (Fsp3) is 0. The van der Waals surface area contributed by atoms with Crippen molar-refractivity contribution in [1.29, 1.82) is 0 Å². The first-order valence-corrected chi connectivity index (χ1v) is 6.13. The minimum atomic E-state index is -0.313. The largest absolute Gasteiger partial charge is 0.399 e. The lowest BCUT2D eigenvalue weighted by molar-refractivity contribution is 0.621. The fourth-order valence-corrected chi connectivity index (χ4v) is 2.05. The second-order valence-electron chi connectivity index (χ2n) is 3.99. The number of rotatable bonds is 1. The maximum absolute atomic E-state index is 13.5. The zero-order chi connectivity index (χ0) is 12.7. The van der Waals surface area contributed by atoms with Gasteiger partial charge in [0.25, 0.3) is 0 Å². The molecular weight excluding hydrogens is 297 g/mol. The van der Waals surface area contributed by atoms with Crippen molar-refractivity contribution in [3.05, 3.63) is 46.7 Å². The van der Waals surface area contributed by atoms with E-state index < -0.39 is 0 Å². The highest BCUT2D eigenvalue weighted by Crippen LogP contribution is 2.25. The van der Waals surface area contributed by atoms with E-state index in [2.05, 4.69) is 25.9 Å². The molecule has 0 aliphatic heterocycles. The zero-order valence-corrected chi connectivity index (χ0v) is 10.8. The molecule has 3 rings (SSSR count). The summed E-state index contributed by atoms with van der Waals surface area (Å²) in [5.74, 6) is 0.314. The van der Waals surface area contributed by atoms with E-state index in [1.807, 2.05) is 6.07 Å². The van der Waals surface area contributed by atoms with E-state index in [1.165, 1.54) is 6.07 Å². The highest BCUT2D eigenvalue weighted by atomic mass is 79.9. The number of aromatic amines is 1. The van der Waals surface area contributed by atoms with Crippen LogP contribution in [-0.4, -0.2) is 9.97 Å². The van der Waals surface area contributed by atoms with Gasteiger partial charge in [0.1, 0.15) is 11.6 Å². The minimum absolute atomic E-state index is 0.313. The number of nitrogens with one attached hydrogen (secondary N) is 1. The number of hydrogen-bond donors (Lipinski definition) is 2. The predicted octanol–water partition coefficient (Wildman–Crippen LogP) is 3.71. The van der Waals surface area contributed by atoms with Crippen LogP contribution in [0, 0.1) is 5.82 Å². The Labute approximate surface area is 111 Å². The van der Waals surface area contributed by atoms with Crippen molar-refractivity contribution in [2.24, 2.45) is 0 Å². The van der Waals surface area contributed by atoms with Crippen LogP contribution in [0.3, 0.4) is 0 Å². The van der Waals surface area contributed by atoms with Gasteiger partial charge in [-0.3, -0.25) is 0 Å². The second kappa shape index (κ2) is 4.10. The molecule has 0 aliphatic rings. The van der Waals surface area contributed by atoms with E-state index >= 15 is 0 Å². The van der Waals surface area contributed by atoms with Gasteiger partial charge in [-0.05, 0) is 52.3 Å². The quantitative estimate of drug-likeness (QED) is 0.673. The van der Waals surface area contributed by atoms with Gasteiger partial charge in [-0.25, -0.2) is 9.37 Å². The SMILES string of the molecule is Nc1ccc2nc(-c3ccc(Br)c(F)c3)[nH]c2c1. The summed E-state index contributed by atoms with van der Waals surface area (Å²) >= 11 is 3.12. The molecule has 5 heteroatoms. The smallest absolute Gasteiger partial charge is 0.138 e. The van der Waals surface area contributed by atoms with Crippen molar-refractivity contribution in [1.82, 2.24) is 9.97 Å². The Morgan fingerprint density at radius 2 is 2.00 bits per heavy atom. The Morgan fingerprint density at radius 1 is 1.17 bits per heavy atom.